The summed E-state index contributed by atoms with van der Waals surface area (Å²) in [7, 11) is -1.48. The Hall–Kier alpha value is -2.79. The standard InChI is InChI=1S/C18H18FNO7S2/c1-10-14(17(22)26-2)16(28-15(10)18(23)27-3)20-13(21)8-9-29(24,25)12-6-4-11(19)5-7-12/h4-7H,8-9H2,1-3H3,(H,20,21). The number of carbonyl (C=O) groups is 3. The first-order valence-electron chi connectivity index (χ1n) is 8.19. The minimum atomic E-state index is -3.81. The minimum Gasteiger partial charge on any atom is -0.465 e. The van der Waals surface area contributed by atoms with Crippen LogP contribution in [0.3, 0.4) is 0 Å². The van der Waals surface area contributed by atoms with Crippen LogP contribution >= 0.6 is 11.3 Å². The van der Waals surface area contributed by atoms with Crippen molar-refractivity contribution in [2.24, 2.45) is 0 Å². The Bertz CT molecular complexity index is 1040. The lowest BCUT2D eigenvalue weighted by Gasteiger charge is -2.07. The van der Waals surface area contributed by atoms with Gasteiger partial charge in [0.25, 0.3) is 0 Å². The van der Waals surface area contributed by atoms with Crippen molar-refractivity contribution in [3.05, 3.63) is 46.1 Å². The van der Waals surface area contributed by atoms with Crippen molar-refractivity contribution in [3.8, 4) is 0 Å². The second-order valence-electron chi connectivity index (χ2n) is 5.81. The Morgan fingerprint density at radius 2 is 1.66 bits per heavy atom. The number of esters is 2. The normalized spacial score (nSPS) is 11.0. The second-order valence-corrected chi connectivity index (χ2v) is 8.94. The average Bonchev–Trinajstić information content (AvgIpc) is 3.01. The molecule has 0 aliphatic carbocycles. The van der Waals surface area contributed by atoms with Gasteiger partial charge in [0.1, 0.15) is 15.7 Å². The smallest absolute Gasteiger partial charge is 0.348 e. The summed E-state index contributed by atoms with van der Waals surface area (Å²) in [6, 6.07) is 4.25. The van der Waals surface area contributed by atoms with E-state index in [4.69, 9.17) is 0 Å². The largest absolute Gasteiger partial charge is 0.465 e. The maximum atomic E-state index is 13.0. The van der Waals surface area contributed by atoms with Gasteiger partial charge in [-0.1, -0.05) is 0 Å². The molecule has 0 radical (unpaired) electrons. The van der Waals surface area contributed by atoms with Gasteiger partial charge in [-0.3, -0.25) is 4.79 Å². The Kier molecular flexibility index (Phi) is 7.09. The molecule has 11 heteroatoms. The quantitative estimate of drug-likeness (QED) is 0.516. The van der Waals surface area contributed by atoms with Crippen molar-refractivity contribution in [2.45, 2.75) is 18.2 Å². The topological polar surface area (TPSA) is 116 Å². The van der Waals surface area contributed by atoms with Gasteiger partial charge in [0.05, 0.1) is 30.4 Å². The van der Waals surface area contributed by atoms with E-state index in [0.29, 0.717) is 0 Å². The number of sulfone groups is 1. The van der Waals surface area contributed by atoms with Crippen LogP contribution in [0.4, 0.5) is 9.39 Å². The summed E-state index contributed by atoms with van der Waals surface area (Å²) in [6.45, 7) is 1.50. The molecule has 0 bridgehead atoms. The zero-order valence-electron chi connectivity index (χ0n) is 15.8. The van der Waals surface area contributed by atoms with E-state index in [-0.39, 0.29) is 25.9 Å². The van der Waals surface area contributed by atoms with Crippen molar-refractivity contribution < 1.29 is 36.7 Å². The lowest BCUT2D eigenvalue weighted by atomic mass is 10.1. The van der Waals surface area contributed by atoms with E-state index in [9.17, 15) is 27.2 Å². The number of hydrogen-bond donors (Lipinski definition) is 1. The molecular weight excluding hydrogens is 425 g/mol. The van der Waals surface area contributed by atoms with Crippen molar-refractivity contribution in [3.63, 3.8) is 0 Å². The number of thiophene rings is 1. The SMILES string of the molecule is COC(=O)c1sc(NC(=O)CCS(=O)(=O)c2ccc(F)cc2)c(C(=O)OC)c1C. The van der Waals surface area contributed by atoms with E-state index >= 15 is 0 Å². The summed E-state index contributed by atoms with van der Waals surface area (Å²) in [4.78, 5) is 36.2. The number of anilines is 1. The summed E-state index contributed by atoms with van der Waals surface area (Å²) < 4.78 is 46.8. The molecule has 1 amide bonds. The van der Waals surface area contributed by atoms with Crippen LogP contribution in [0, 0.1) is 12.7 Å². The lowest BCUT2D eigenvalue weighted by Crippen LogP contribution is -2.18. The molecule has 0 aliphatic rings. The monoisotopic (exact) mass is 443 g/mol. The van der Waals surface area contributed by atoms with Crippen LogP contribution in [-0.4, -0.2) is 46.2 Å². The Labute approximate surface area is 170 Å². The second kappa shape index (κ2) is 9.14. The van der Waals surface area contributed by atoms with Crippen LogP contribution in [-0.2, 0) is 24.1 Å². The van der Waals surface area contributed by atoms with E-state index in [1.807, 2.05) is 0 Å². The van der Waals surface area contributed by atoms with E-state index in [2.05, 4.69) is 14.8 Å². The molecule has 2 rings (SSSR count). The van der Waals surface area contributed by atoms with E-state index in [0.717, 1.165) is 42.7 Å². The van der Waals surface area contributed by atoms with Crippen molar-refractivity contribution >= 4 is 44.0 Å². The molecular formula is C18H18FNO7S2. The number of ether oxygens (including phenoxy) is 2. The lowest BCUT2D eigenvalue weighted by molar-refractivity contribution is -0.115. The number of hydrogen-bond acceptors (Lipinski definition) is 8. The molecule has 2 aromatic rings. The van der Waals surface area contributed by atoms with Crippen molar-refractivity contribution in [2.75, 3.05) is 25.3 Å². The molecule has 1 aromatic carbocycles. The summed E-state index contributed by atoms with van der Waals surface area (Å²) in [5.74, 6) is -3.23. The predicted octanol–water partition coefficient (Wildman–Crippen LogP) is 2.57. The molecule has 0 saturated carbocycles. The van der Waals surface area contributed by atoms with Crippen LogP contribution < -0.4 is 5.32 Å². The van der Waals surface area contributed by atoms with Gasteiger partial charge in [-0.25, -0.2) is 22.4 Å². The molecule has 1 aromatic heterocycles. The van der Waals surface area contributed by atoms with Crippen LogP contribution in [0.25, 0.3) is 0 Å². The zero-order chi connectivity index (χ0) is 21.8. The molecule has 0 fully saturated rings. The molecule has 29 heavy (non-hydrogen) atoms. The van der Waals surface area contributed by atoms with Gasteiger partial charge in [-0.2, -0.15) is 0 Å². The number of halogens is 1. The zero-order valence-corrected chi connectivity index (χ0v) is 17.4. The number of benzene rings is 1. The fraction of sp³-hybridized carbons (Fsp3) is 0.278. The highest BCUT2D eigenvalue weighted by atomic mass is 32.2. The molecule has 0 unspecified atom stereocenters. The number of nitrogens with one attached hydrogen (secondary N) is 1. The molecule has 0 spiro atoms. The summed E-state index contributed by atoms with van der Waals surface area (Å²) in [5, 5.41) is 2.50. The number of methoxy groups -OCH3 is 2. The molecule has 1 heterocycles. The number of amides is 1. The Morgan fingerprint density at radius 3 is 2.21 bits per heavy atom. The first-order valence-corrected chi connectivity index (χ1v) is 10.7. The van der Waals surface area contributed by atoms with Gasteiger partial charge < -0.3 is 14.8 Å². The third-order valence-electron chi connectivity index (χ3n) is 3.93. The van der Waals surface area contributed by atoms with Gasteiger partial charge in [0, 0.05) is 6.42 Å². The molecule has 0 aliphatic heterocycles. The first-order chi connectivity index (χ1) is 13.6. The molecule has 156 valence electrons. The summed E-state index contributed by atoms with van der Waals surface area (Å²) in [5.41, 5.74) is 0.274. The highest BCUT2D eigenvalue weighted by Crippen LogP contribution is 2.34. The number of rotatable bonds is 7. The first kappa shape index (κ1) is 22.5. The Morgan fingerprint density at radius 1 is 1.07 bits per heavy atom. The van der Waals surface area contributed by atoms with Gasteiger partial charge in [-0.05, 0) is 36.8 Å². The van der Waals surface area contributed by atoms with Crippen LogP contribution in [0.2, 0.25) is 0 Å². The van der Waals surface area contributed by atoms with Crippen LogP contribution in [0.15, 0.2) is 29.2 Å². The average molecular weight is 443 g/mol. The van der Waals surface area contributed by atoms with Gasteiger partial charge >= 0.3 is 11.9 Å². The highest BCUT2D eigenvalue weighted by Gasteiger charge is 2.27. The summed E-state index contributed by atoms with van der Waals surface area (Å²) in [6.07, 6.45) is -0.412. The highest BCUT2D eigenvalue weighted by molar-refractivity contribution is 7.91. The van der Waals surface area contributed by atoms with Crippen LogP contribution in [0.1, 0.15) is 32.0 Å². The summed E-state index contributed by atoms with van der Waals surface area (Å²) >= 11 is 0.824. The molecule has 0 saturated heterocycles. The van der Waals surface area contributed by atoms with Gasteiger partial charge in [0.15, 0.2) is 9.84 Å². The number of carbonyl (C=O) groups excluding carboxylic acids is 3. The van der Waals surface area contributed by atoms with Crippen LogP contribution in [0.5, 0.6) is 0 Å². The van der Waals surface area contributed by atoms with Crippen molar-refractivity contribution in [1.82, 2.24) is 0 Å². The minimum absolute atomic E-state index is 0.00681. The fourth-order valence-corrected chi connectivity index (χ4v) is 4.78. The van der Waals surface area contributed by atoms with Crippen molar-refractivity contribution in [1.29, 1.82) is 0 Å². The maximum Gasteiger partial charge on any atom is 0.348 e. The fourth-order valence-electron chi connectivity index (χ4n) is 2.41. The molecule has 0 atom stereocenters. The van der Waals surface area contributed by atoms with Gasteiger partial charge in [0.2, 0.25) is 5.91 Å². The van der Waals surface area contributed by atoms with E-state index in [1.54, 1.807) is 0 Å². The van der Waals surface area contributed by atoms with Gasteiger partial charge in [-0.15, -0.1) is 11.3 Å². The Balaban J connectivity index is 2.19. The third-order valence-corrected chi connectivity index (χ3v) is 6.85. The van der Waals surface area contributed by atoms with E-state index < -0.39 is 45.7 Å². The maximum absolute atomic E-state index is 13.0. The third kappa shape index (κ3) is 5.18. The predicted molar refractivity (Wildman–Crippen MR) is 103 cm³/mol. The molecule has 1 N–H and O–H groups in total. The van der Waals surface area contributed by atoms with E-state index in [1.165, 1.54) is 14.0 Å². The molecule has 8 nitrogen and oxygen atoms in total.